The summed E-state index contributed by atoms with van der Waals surface area (Å²) in [7, 11) is 0. The van der Waals surface area contributed by atoms with E-state index in [1.54, 1.807) is 0 Å². The molecule has 0 saturated heterocycles. The molecule has 0 atom stereocenters. The topological polar surface area (TPSA) is 26.3 Å². The third-order valence-corrected chi connectivity index (χ3v) is 2.43. The number of halogens is 2. The van der Waals surface area contributed by atoms with Crippen LogP contribution in [0.2, 0.25) is 0 Å². The van der Waals surface area contributed by atoms with E-state index in [9.17, 15) is 13.6 Å². The Labute approximate surface area is 82.6 Å². The maximum atomic E-state index is 12.5. The highest BCUT2D eigenvalue weighted by Crippen LogP contribution is 2.22. The summed E-state index contributed by atoms with van der Waals surface area (Å²) in [5, 5.41) is 0. The lowest BCUT2D eigenvalue weighted by Crippen LogP contribution is -2.31. The molecule has 82 valence electrons. The van der Waals surface area contributed by atoms with Crippen molar-refractivity contribution in [2.75, 3.05) is 0 Å². The van der Waals surface area contributed by atoms with E-state index in [1.165, 1.54) is 0 Å². The smallest absolute Gasteiger partial charge is 0.376 e. The van der Waals surface area contributed by atoms with Gasteiger partial charge in [0, 0.05) is 6.92 Å². The minimum Gasteiger partial charge on any atom is -0.458 e. The van der Waals surface area contributed by atoms with E-state index in [0.717, 1.165) is 38.5 Å². The molecular weight excluding hydrogens is 190 g/mol. The molecule has 14 heavy (non-hydrogen) atoms. The highest BCUT2D eigenvalue weighted by atomic mass is 19.3. The first-order valence-electron chi connectivity index (χ1n) is 5.09. The lowest BCUT2D eigenvalue weighted by atomic mass is 10.1. The summed E-state index contributed by atoms with van der Waals surface area (Å²) in [4.78, 5) is 10.9. The fourth-order valence-electron chi connectivity index (χ4n) is 1.61. The number of hydrogen-bond acceptors (Lipinski definition) is 2. The molecule has 0 aromatic rings. The summed E-state index contributed by atoms with van der Waals surface area (Å²) < 4.78 is 29.7. The molecule has 4 heteroatoms. The van der Waals surface area contributed by atoms with Gasteiger partial charge in [-0.2, -0.15) is 8.78 Å². The van der Waals surface area contributed by atoms with Crippen molar-refractivity contribution in [1.82, 2.24) is 0 Å². The summed E-state index contributed by atoms with van der Waals surface area (Å²) in [5.41, 5.74) is 0. The molecule has 0 spiro atoms. The molecule has 0 radical (unpaired) electrons. The Morgan fingerprint density at radius 3 is 2.14 bits per heavy atom. The average molecular weight is 206 g/mol. The summed E-state index contributed by atoms with van der Waals surface area (Å²) in [5.74, 6) is -4.74. The van der Waals surface area contributed by atoms with Crippen LogP contribution in [0.5, 0.6) is 0 Å². The Kier molecular flexibility index (Phi) is 3.84. The van der Waals surface area contributed by atoms with Crippen LogP contribution >= 0.6 is 0 Å². The van der Waals surface area contributed by atoms with E-state index in [4.69, 9.17) is 4.74 Å². The third-order valence-electron chi connectivity index (χ3n) is 2.43. The van der Waals surface area contributed by atoms with Gasteiger partial charge in [-0.15, -0.1) is 0 Å². The first-order valence-corrected chi connectivity index (χ1v) is 5.09. The van der Waals surface area contributed by atoms with Crippen LogP contribution in [-0.4, -0.2) is 18.0 Å². The second-order valence-electron chi connectivity index (χ2n) is 3.91. The summed E-state index contributed by atoms with van der Waals surface area (Å²) in [6, 6.07) is 0. The van der Waals surface area contributed by atoms with Crippen LogP contribution in [0.4, 0.5) is 8.78 Å². The van der Waals surface area contributed by atoms with Gasteiger partial charge in [-0.1, -0.05) is 12.8 Å². The van der Waals surface area contributed by atoms with Crippen LogP contribution in [0.3, 0.4) is 0 Å². The molecule has 2 nitrogen and oxygen atoms in total. The van der Waals surface area contributed by atoms with Crippen molar-refractivity contribution >= 4 is 5.97 Å². The zero-order valence-electron chi connectivity index (χ0n) is 8.39. The monoisotopic (exact) mass is 206 g/mol. The summed E-state index contributed by atoms with van der Waals surface area (Å²) in [6.07, 6.45) is 5.30. The van der Waals surface area contributed by atoms with Crippen molar-refractivity contribution in [3.05, 3.63) is 0 Å². The lowest BCUT2D eigenvalue weighted by Gasteiger charge is -2.17. The first-order chi connectivity index (χ1) is 6.50. The lowest BCUT2D eigenvalue weighted by molar-refractivity contribution is -0.175. The Morgan fingerprint density at radius 2 is 1.71 bits per heavy atom. The van der Waals surface area contributed by atoms with Crippen LogP contribution in [0.25, 0.3) is 0 Å². The second-order valence-corrected chi connectivity index (χ2v) is 3.91. The van der Waals surface area contributed by atoms with Crippen LogP contribution < -0.4 is 0 Å². The van der Waals surface area contributed by atoms with Gasteiger partial charge in [0.25, 0.3) is 0 Å². The largest absolute Gasteiger partial charge is 0.458 e. The van der Waals surface area contributed by atoms with E-state index in [2.05, 4.69) is 0 Å². The Balaban J connectivity index is 2.38. The zero-order chi connectivity index (χ0) is 10.6. The number of carbonyl (C=O) groups excluding carboxylic acids is 1. The molecule has 1 aliphatic carbocycles. The first kappa shape index (κ1) is 11.4. The molecule has 0 bridgehead atoms. The highest BCUT2D eigenvalue weighted by molar-refractivity contribution is 5.77. The molecule has 0 heterocycles. The molecule has 0 aliphatic heterocycles. The predicted molar refractivity (Wildman–Crippen MR) is 48.2 cm³/mol. The Hall–Kier alpha value is -0.670. The average Bonchev–Trinajstić information content (AvgIpc) is 2.31. The number of carbonyl (C=O) groups is 1. The van der Waals surface area contributed by atoms with Gasteiger partial charge in [0.1, 0.15) is 6.10 Å². The highest BCUT2D eigenvalue weighted by Gasteiger charge is 2.36. The quantitative estimate of drug-likeness (QED) is 0.513. The molecule has 0 aromatic carbocycles. The standard InChI is InChI=1S/C10H16F2O2/c1-10(11,12)9(13)14-8-6-4-2-3-5-7-8/h8H,2-7H2,1H3. The molecule has 0 N–H and O–H groups in total. The van der Waals surface area contributed by atoms with Crippen molar-refractivity contribution in [2.45, 2.75) is 57.5 Å². The molecule has 1 aliphatic rings. The van der Waals surface area contributed by atoms with Gasteiger partial charge in [-0.3, -0.25) is 0 Å². The van der Waals surface area contributed by atoms with Gasteiger partial charge >= 0.3 is 11.9 Å². The van der Waals surface area contributed by atoms with Gasteiger partial charge in [-0.25, -0.2) is 4.79 Å². The van der Waals surface area contributed by atoms with Crippen LogP contribution in [0.15, 0.2) is 0 Å². The number of alkyl halides is 2. The van der Waals surface area contributed by atoms with Crippen LogP contribution in [-0.2, 0) is 9.53 Å². The molecule has 1 fully saturated rings. The van der Waals surface area contributed by atoms with E-state index in [1.807, 2.05) is 0 Å². The van der Waals surface area contributed by atoms with Crippen molar-refractivity contribution < 1.29 is 18.3 Å². The Bertz CT molecular complexity index is 191. The van der Waals surface area contributed by atoms with Crippen molar-refractivity contribution in [3.63, 3.8) is 0 Å². The molecule has 0 aromatic heterocycles. The zero-order valence-corrected chi connectivity index (χ0v) is 8.39. The van der Waals surface area contributed by atoms with Gasteiger partial charge in [0.2, 0.25) is 0 Å². The maximum Gasteiger partial charge on any atom is 0.376 e. The molecule has 1 saturated carbocycles. The molecule has 0 amide bonds. The van der Waals surface area contributed by atoms with Crippen molar-refractivity contribution in [3.8, 4) is 0 Å². The number of esters is 1. The van der Waals surface area contributed by atoms with Gasteiger partial charge in [0.05, 0.1) is 0 Å². The van der Waals surface area contributed by atoms with E-state index in [0.29, 0.717) is 6.92 Å². The Morgan fingerprint density at radius 1 is 1.21 bits per heavy atom. The number of rotatable bonds is 2. The number of ether oxygens (including phenoxy) is 1. The van der Waals surface area contributed by atoms with E-state index >= 15 is 0 Å². The van der Waals surface area contributed by atoms with Gasteiger partial charge < -0.3 is 4.74 Å². The predicted octanol–water partition coefficient (Wildman–Crippen LogP) is 2.91. The summed E-state index contributed by atoms with van der Waals surface area (Å²) in [6.45, 7) is 0.575. The molecule has 0 unspecified atom stereocenters. The second kappa shape index (κ2) is 4.71. The van der Waals surface area contributed by atoms with Crippen LogP contribution in [0, 0.1) is 0 Å². The minimum atomic E-state index is -3.35. The third kappa shape index (κ3) is 3.60. The van der Waals surface area contributed by atoms with Crippen LogP contribution in [0.1, 0.15) is 45.4 Å². The summed E-state index contributed by atoms with van der Waals surface area (Å²) >= 11 is 0. The van der Waals surface area contributed by atoms with Gasteiger partial charge in [0.15, 0.2) is 0 Å². The minimum absolute atomic E-state index is 0.296. The van der Waals surface area contributed by atoms with E-state index in [-0.39, 0.29) is 6.10 Å². The van der Waals surface area contributed by atoms with E-state index < -0.39 is 11.9 Å². The number of hydrogen-bond donors (Lipinski definition) is 0. The molecular formula is C10H16F2O2. The molecule has 1 rings (SSSR count). The fourth-order valence-corrected chi connectivity index (χ4v) is 1.61. The fraction of sp³-hybridized carbons (Fsp3) is 0.900. The van der Waals surface area contributed by atoms with Crippen molar-refractivity contribution in [1.29, 1.82) is 0 Å². The van der Waals surface area contributed by atoms with Crippen molar-refractivity contribution in [2.24, 2.45) is 0 Å². The van der Waals surface area contributed by atoms with Gasteiger partial charge in [-0.05, 0) is 25.7 Å². The maximum absolute atomic E-state index is 12.5. The normalized spacial score (nSPS) is 20.2. The SMILES string of the molecule is CC(F)(F)C(=O)OC1CCCCCC1.